The Morgan fingerprint density at radius 1 is 1.17 bits per heavy atom. The van der Waals surface area contributed by atoms with Crippen LogP contribution in [-0.4, -0.2) is 27.7 Å². The van der Waals surface area contributed by atoms with Gasteiger partial charge in [-0.3, -0.25) is 0 Å². The maximum atomic E-state index is 5.52. The van der Waals surface area contributed by atoms with Crippen molar-refractivity contribution in [2.75, 3.05) is 12.4 Å². The van der Waals surface area contributed by atoms with Crippen LogP contribution in [-0.2, 0) is 0 Å². The molecule has 2 heterocycles. The van der Waals surface area contributed by atoms with E-state index in [9.17, 15) is 0 Å². The minimum absolute atomic E-state index is 0.319. The van der Waals surface area contributed by atoms with Crippen molar-refractivity contribution < 1.29 is 4.74 Å². The van der Waals surface area contributed by atoms with Crippen molar-refractivity contribution in [3.63, 3.8) is 0 Å². The average molecular weight is 310 g/mol. The molecule has 0 atom stereocenters. The maximum absolute atomic E-state index is 5.52. The van der Waals surface area contributed by atoms with Crippen LogP contribution in [0.4, 0.5) is 5.82 Å². The number of ether oxygens (including phenoxy) is 1. The van der Waals surface area contributed by atoms with E-state index >= 15 is 0 Å². The fourth-order valence-electron chi connectivity index (χ4n) is 2.81. The molecule has 0 bridgehead atoms. The molecular weight excluding hydrogens is 288 g/mol. The number of para-hydroxylation sites is 1. The Morgan fingerprint density at radius 3 is 2.61 bits per heavy atom. The van der Waals surface area contributed by atoms with Gasteiger partial charge in [-0.05, 0) is 33.8 Å². The molecule has 0 aliphatic rings. The second-order valence-electron chi connectivity index (χ2n) is 5.98. The number of nitrogens with zero attached hydrogens (tertiary/aromatic N) is 3. The van der Waals surface area contributed by atoms with Crippen molar-refractivity contribution >= 4 is 11.5 Å². The zero-order chi connectivity index (χ0) is 16.6. The SMILES string of the molecule is COc1ccccc1-c1c(C)nn2c(NC(C)C)cc(C)nc12. The number of benzene rings is 1. The Kier molecular flexibility index (Phi) is 3.94. The molecule has 23 heavy (non-hydrogen) atoms. The van der Waals surface area contributed by atoms with Gasteiger partial charge in [-0.25, -0.2) is 4.98 Å². The fraction of sp³-hybridized carbons (Fsp3) is 0.333. The van der Waals surface area contributed by atoms with Crippen molar-refractivity contribution in [2.24, 2.45) is 0 Å². The highest BCUT2D eigenvalue weighted by Gasteiger charge is 2.18. The summed E-state index contributed by atoms with van der Waals surface area (Å²) in [6, 6.07) is 10.3. The minimum atomic E-state index is 0.319. The van der Waals surface area contributed by atoms with Gasteiger partial charge in [-0.1, -0.05) is 18.2 Å². The molecule has 0 aliphatic heterocycles. The highest BCUT2D eigenvalue weighted by Crippen LogP contribution is 2.35. The van der Waals surface area contributed by atoms with Gasteiger partial charge in [0.1, 0.15) is 11.6 Å². The first-order chi connectivity index (χ1) is 11.0. The molecule has 1 aromatic carbocycles. The summed E-state index contributed by atoms with van der Waals surface area (Å²) in [4.78, 5) is 4.72. The van der Waals surface area contributed by atoms with Gasteiger partial charge >= 0.3 is 0 Å². The second kappa shape index (κ2) is 5.91. The predicted octanol–water partition coefficient (Wildman–Crippen LogP) is 3.84. The summed E-state index contributed by atoms with van der Waals surface area (Å²) in [5, 5.41) is 8.13. The van der Waals surface area contributed by atoms with E-state index in [0.717, 1.165) is 39.7 Å². The van der Waals surface area contributed by atoms with E-state index in [0.29, 0.717) is 6.04 Å². The zero-order valence-electron chi connectivity index (χ0n) is 14.2. The van der Waals surface area contributed by atoms with E-state index in [1.54, 1.807) is 7.11 Å². The molecule has 5 heteroatoms. The van der Waals surface area contributed by atoms with Gasteiger partial charge in [-0.2, -0.15) is 9.61 Å². The molecule has 3 rings (SSSR count). The highest BCUT2D eigenvalue weighted by atomic mass is 16.5. The van der Waals surface area contributed by atoms with Crippen LogP contribution in [0.1, 0.15) is 25.2 Å². The lowest BCUT2D eigenvalue weighted by atomic mass is 10.1. The summed E-state index contributed by atoms with van der Waals surface area (Å²) < 4.78 is 7.40. The van der Waals surface area contributed by atoms with E-state index in [1.165, 1.54) is 0 Å². The molecule has 3 aromatic rings. The molecule has 0 aliphatic carbocycles. The molecule has 0 saturated heterocycles. The number of aromatic nitrogens is 3. The topological polar surface area (TPSA) is 51.5 Å². The van der Waals surface area contributed by atoms with Gasteiger partial charge in [0.05, 0.1) is 18.4 Å². The minimum Gasteiger partial charge on any atom is -0.496 e. The third kappa shape index (κ3) is 2.74. The molecule has 120 valence electrons. The molecule has 5 nitrogen and oxygen atoms in total. The van der Waals surface area contributed by atoms with Crippen LogP contribution >= 0.6 is 0 Å². The van der Waals surface area contributed by atoms with Gasteiger partial charge in [-0.15, -0.1) is 0 Å². The van der Waals surface area contributed by atoms with Crippen molar-refractivity contribution in [3.05, 3.63) is 41.7 Å². The molecular formula is C18H22N4O. The smallest absolute Gasteiger partial charge is 0.165 e. The quantitative estimate of drug-likeness (QED) is 0.795. The van der Waals surface area contributed by atoms with Gasteiger partial charge < -0.3 is 10.1 Å². The largest absolute Gasteiger partial charge is 0.496 e. The van der Waals surface area contributed by atoms with Gasteiger partial charge in [0.2, 0.25) is 0 Å². The lowest BCUT2D eigenvalue weighted by molar-refractivity contribution is 0.416. The molecule has 0 radical (unpaired) electrons. The fourth-order valence-corrected chi connectivity index (χ4v) is 2.81. The number of hydrogen-bond acceptors (Lipinski definition) is 4. The standard InChI is InChI=1S/C18H22N4O/c1-11(2)19-16-10-12(3)20-18-17(13(4)21-22(16)18)14-8-6-7-9-15(14)23-5/h6-11,19H,1-5H3. The van der Waals surface area contributed by atoms with Gasteiger partial charge in [0.15, 0.2) is 5.65 Å². The summed E-state index contributed by atoms with van der Waals surface area (Å²) in [6.45, 7) is 8.23. The molecule has 0 saturated carbocycles. The van der Waals surface area contributed by atoms with Gasteiger partial charge in [0.25, 0.3) is 0 Å². The van der Waals surface area contributed by atoms with Crippen molar-refractivity contribution in [1.29, 1.82) is 0 Å². The van der Waals surface area contributed by atoms with Crippen LogP contribution < -0.4 is 10.1 Å². The van der Waals surface area contributed by atoms with E-state index in [-0.39, 0.29) is 0 Å². The highest BCUT2D eigenvalue weighted by molar-refractivity contribution is 5.84. The van der Waals surface area contributed by atoms with Crippen molar-refractivity contribution in [2.45, 2.75) is 33.7 Å². The summed E-state index contributed by atoms with van der Waals surface area (Å²) in [5.41, 5.74) is 4.75. The van der Waals surface area contributed by atoms with E-state index in [2.05, 4.69) is 19.2 Å². The van der Waals surface area contributed by atoms with Gasteiger partial charge in [0, 0.05) is 23.4 Å². The first-order valence-corrected chi connectivity index (χ1v) is 7.78. The number of anilines is 1. The molecule has 2 aromatic heterocycles. The van der Waals surface area contributed by atoms with E-state index in [4.69, 9.17) is 14.8 Å². The molecule has 1 N–H and O–H groups in total. The third-order valence-electron chi connectivity index (χ3n) is 3.70. The van der Waals surface area contributed by atoms with E-state index in [1.807, 2.05) is 48.7 Å². The van der Waals surface area contributed by atoms with Crippen LogP contribution in [0.25, 0.3) is 16.8 Å². The Balaban J connectivity index is 2.30. The number of nitrogens with one attached hydrogen (secondary N) is 1. The van der Waals surface area contributed by atoms with Crippen LogP contribution in [0.5, 0.6) is 5.75 Å². The number of hydrogen-bond donors (Lipinski definition) is 1. The molecule has 0 spiro atoms. The molecule has 0 unspecified atom stereocenters. The van der Waals surface area contributed by atoms with Crippen molar-refractivity contribution in [1.82, 2.24) is 14.6 Å². The number of fused-ring (bicyclic) bond motifs is 1. The average Bonchev–Trinajstić information content (AvgIpc) is 2.82. The predicted molar refractivity (Wildman–Crippen MR) is 93.2 cm³/mol. The lowest BCUT2D eigenvalue weighted by Crippen LogP contribution is -2.14. The van der Waals surface area contributed by atoms with Crippen LogP contribution in [0.3, 0.4) is 0 Å². The third-order valence-corrected chi connectivity index (χ3v) is 3.70. The Labute approximate surface area is 136 Å². The summed E-state index contributed by atoms with van der Waals surface area (Å²) in [6.07, 6.45) is 0. The Bertz CT molecular complexity index is 852. The van der Waals surface area contributed by atoms with E-state index < -0.39 is 0 Å². The lowest BCUT2D eigenvalue weighted by Gasteiger charge is -2.12. The number of rotatable bonds is 4. The second-order valence-corrected chi connectivity index (χ2v) is 5.98. The normalized spacial score (nSPS) is 11.2. The van der Waals surface area contributed by atoms with Crippen LogP contribution in [0.2, 0.25) is 0 Å². The summed E-state index contributed by atoms with van der Waals surface area (Å²) >= 11 is 0. The summed E-state index contributed by atoms with van der Waals surface area (Å²) in [5.74, 6) is 1.78. The number of methoxy groups -OCH3 is 1. The number of aryl methyl sites for hydroxylation is 2. The maximum Gasteiger partial charge on any atom is 0.165 e. The van der Waals surface area contributed by atoms with Crippen molar-refractivity contribution in [3.8, 4) is 16.9 Å². The first-order valence-electron chi connectivity index (χ1n) is 7.78. The molecule has 0 amide bonds. The Hall–Kier alpha value is -2.56. The monoisotopic (exact) mass is 310 g/mol. The molecule has 0 fully saturated rings. The van der Waals surface area contributed by atoms with Crippen LogP contribution in [0, 0.1) is 13.8 Å². The first kappa shape index (κ1) is 15.3. The van der Waals surface area contributed by atoms with Crippen LogP contribution in [0.15, 0.2) is 30.3 Å². The zero-order valence-corrected chi connectivity index (χ0v) is 14.2. The Morgan fingerprint density at radius 2 is 1.91 bits per heavy atom. The summed E-state index contributed by atoms with van der Waals surface area (Å²) in [7, 11) is 1.68.